The van der Waals surface area contributed by atoms with Crippen molar-refractivity contribution in [1.82, 2.24) is 4.90 Å². The van der Waals surface area contributed by atoms with E-state index >= 15 is 0 Å². The summed E-state index contributed by atoms with van der Waals surface area (Å²) in [6, 6.07) is 17.4. The fraction of sp³-hybridized carbons (Fsp3) is 0.375. The van der Waals surface area contributed by atoms with Crippen LogP contribution in [0.5, 0.6) is 5.75 Å². The Morgan fingerprint density at radius 3 is 2.21 bits per heavy atom. The standard InChI is InChI=1S/C40H47N2O.ClHO4/c1-27-25-29(19-23-36-39(2,3)32-13-9-11-15-34(32)41(36)6)38(28-17-21-31(43-8)22-18-28)30(26-27)20-24-37-40(4,5)33-14-10-12-16-35(33)42(37)7;2-1(3,4)5/h9-11,13-15,17-24,27H,12,16,25-26H2,1-8H3;(H,2,3,4,5)/q+1;/p-1. The lowest BCUT2D eigenvalue weighted by Crippen LogP contribution is -2.68. The number of ether oxygens (including phenoxy) is 1. The summed E-state index contributed by atoms with van der Waals surface area (Å²) < 4.78 is 41.9. The number of fused-ring (bicyclic) bond motifs is 1. The number of halogens is 1. The maximum Gasteiger partial charge on any atom is 0.209 e. The number of hydrogen-bond acceptors (Lipinski definition) is 6. The van der Waals surface area contributed by atoms with Gasteiger partial charge in [0.15, 0.2) is 5.71 Å². The minimum atomic E-state index is -4.94. The van der Waals surface area contributed by atoms with Gasteiger partial charge in [0.05, 0.1) is 12.5 Å². The first-order valence-electron chi connectivity index (χ1n) is 16.5. The van der Waals surface area contributed by atoms with E-state index in [1.807, 2.05) is 0 Å². The molecular weight excluding hydrogens is 624 g/mol. The van der Waals surface area contributed by atoms with Gasteiger partial charge in [-0.2, -0.15) is 4.58 Å². The van der Waals surface area contributed by atoms with E-state index in [9.17, 15) is 0 Å². The van der Waals surface area contributed by atoms with Crippen LogP contribution in [0.3, 0.4) is 0 Å². The van der Waals surface area contributed by atoms with Crippen LogP contribution in [0.2, 0.25) is 0 Å². The molecule has 4 aliphatic rings. The molecule has 2 heterocycles. The van der Waals surface area contributed by atoms with Gasteiger partial charge in [-0.3, -0.25) is 0 Å². The molecule has 0 saturated heterocycles. The fourth-order valence-electron chi connectivity index (χ4n) is 7.92. The van der Waals surface area contributed by atoms with Crippen LogP contribution in [0.1, 0.15) is 71.4 Å². The molecule has 6 rings (SSSR count). The van der Waals surface area contributed by atoms with Gasteiger partial charge >= 0.3 is 0 Å². The number of hydrogen-bond donors (Lipinski definition) is 0. The van der Waals surface area contributed by atoms with Crippen molar-refractivity contribution in [2.45, 2.75) is 65.7 Å². The second-order valence-corrected chi connectivity index (χ2v) is 14.9. The Hall–Kier alpha value is -3.72. The average molecular weight is 671 g/mol. The molecule has 2 aliphatic carbocycles. The monoisotopic (exact) mass is 670 g/mol. The third-order valence-corrected chi connectivity index (χ3v) is 10.2. The van der Waals surface area contributed by atoms with Gasteiger partial charge in [0, 0.05) is 41.6 Å². The molecule has 2 aromatic carbocycles. The number of rotatable bonds is 5. The third-order valence-electron chi connectivity index (χ3n) is 10.2. The molecule has 8 heteroatoms. The molecule has 254 valence electrons. The molecule has 0 bridgehead atoms. The molecule has 0 amide bonds. The van der Waals surface area contributed by atoms with Gasteiger partial charge in [0.2, 0.25) is 5.69 Å². The van der Waals surface area contributed by atoms with Crippen LogP contribution in [0.15, 0.2) is 113 Å². The van der Waals surface area contributed by atoms with E-state index in [0.29, 0.717) is 5.92 Å². The highest BCUT2D eigenvalue weighted by atomic mass is 35.7. The van der Waals surface area contributed by atoms with E-state index in [-0.39, 0.29) is 10.8 Å². The number of methoxy groups -OCH3 is 1. The zero-order valence-corrected chi connectivity index (χ0v) is 30.1. The van der Waals surface area contributed by atoms with Crippen LogP contribution >= 0.6 is 0 Å². The predicted octanol–water partition coefficient (Wildman–Crippen LogP) is 4.77. The molecule has 48 heavy (non-hydrogen) atoms. The summed E-state index contributed by atoms with van der Waals surface area (Å²) in [5, 5.41) is 0. The minimum Gasteiger partial charge on any atom is -0.497 e. The molecular formula is C40H47ClN2O5. The Morgan fingerprint density at radius 1 is 0.917 bits per heavy atom. The number of nitrogens with zero attached hydrogens (tertiary/aromatic N) is 2. The van der Waals surface area contributed by atoms with Crippen molar-refractivity contribution in [2.24, 2.45) is 11.3 Å². The molecule has 0 fully saturated rings. The lowest BCUT2D eigenvalue weighted by Gasteiger charge is -2.28. The largest absolute Gasteiger partial charge is 0.497 e. The molecule has 0 saturated carbocycles. The van der Waals surface area contributed by atoms with Crippen LogP contribution < -0.4 is 23.4 Å². The van der Waals surface area contributed by atoms with E-state index in [2.05, 4.69) is 143 Å². The summed E-state index contributed by atoms with van der Waals surface area (Å²) in [7, 11) is 1.25. The van der Waals surface area contributed by atoms with Gasteiger partial charge in [-0.15, -0.1) is 10.2 Å². The summed E-state index contributed by atoms with van der Waals surface area (Å²) in [4.78, 5) is 2.45. The molecule has 7 nitrogen and oxygen atoms in total. The van der Waals surface area contributed by atoms with E-state index in [0.717, 1.165) is 31.4 Å². The number of allylic oxidation sites excluding steroid dienone is 11. The lowest BCUT2D eigenvalue weighted by molar-refractivity contribution is -2.00. The predicted molar refractivity (Wildman–Crippen MR) is 181 cm³/mol. The van der Waals surface area contributed by atoms with Gasteiger partial charge in [-0.25, -0.2) is 18.6 Å². The van der Waals surface area contributed by atoms with Crippen LogP contribution in [0.25, 0.3) is 5.57 Å². The third kappa shape index (κ3) is 7.16. The van der Waals surface area contributed by atoms with Crippen LogP contribution in [-0.2, 0) is 5.41 Å². The van der Waals surface area contributed by atoms with Crippen LogP contribution in [0, 0.1) is 21.6 Å². The Bertz CT molecular complexity index is 1780. The summed E-state index contributed by atoms with van der Waals surface area (Å²) in [6.45, 7) is 11.8. The Morgan fingerprint density at radius 2 is 1.58 bits per heavy atom. The minimum absolute atomic E-state index is 0.00461. The molecule has 0 spiro atoms. The zero-order chi connectivity index (χ0) is 35.0. The van der Waals surface area contributed by atoms with E-state index in [1.165, 1.54) is 56.2 Å². The molecule has 1 unspecified atom stereocenters. The van der Waals surface area contributed by atoms with Gasteiger partial charge < -0.3 is 9.64 Å². The first-order valence-corrected chi connectivity index (χ1v) is 17.7. The fourth-order valence-corrected chi connectivity index (χ4v) is 7.92. The van der Waals surface area contributed by atoms with Crippen molar-refractivity contribution in [3.63, 3.8) is 0 Å². The van der Waals surface area contributed by atoms with Crippen LogP contribution in [0.4, 0.5) is 5.69 Å². The van der Waals surface area contributed by atoms with Crippen molar-refractivity contribution in [1.29, 1.82) is 0 Å². The lowest BCUT2D eigenvalue weighted by atomic mass is 9.77. The van der Waals surface area contributed by atoms with Crippen molar-refractivity contribution < 1.29 is 38.2 Å². The van der Waals surface area contributed by atoms with Crippen molar-refractivity contribution in [3.8, 4) is 5.75 Å². The average Bonchev–Trinajstić information content (AvgIpc) is 3.35. The molecule has 2 aliphatic heterocycles. The van der Waals surface area contributed by atoms with Crippen LogP contribution in [-0.4, -0.2) is 36.4 Å². The molecule has 1 atom stereocenters. The Kier molecular flexibility index (Phi) is 10.1. The number of para-hydroxylation sites is 1. The second kappa shape index (κ2) is 13.7. The van der Waals surface area contributed by atoms with Crippen molar-refractivity contribution in [2.75, 3.05) is 21.2 Å². The molecule has 2 aromatic rings. The van der Waals surface area contributed by atoms with E-state index < -0.39 is 10.2 Å². The maximum atomic E-state index is 8.49. The summed E-state index contributed by atoms with van der Waals surface area (Å²) in [5.41, 5.74) is 13.7. The van der Waals surface area contributed by atoms with Gasteiger partial charge in [-0.1, -0.05) is 75.4 Å². The Labute approximate surface area is 287 Å². The summed E-state index contributed by atoms with van der Waals surface area (Å²) >= 11 is 0. The van der Waals surface area contributed by atoms with E-state index in [4.69, 9.17) is 23.4 Å². The zero-order valence-electron chi connectivity index (χ0n) is 29.3. The van der Waals surface area contributed by atoms with Gasteiger partial charge in [0.1, 0.15) is 12.8 Å². The highest BCUT2D eigenvalue weighted by Crippen LogP contribution is 2.50. The second-order valence-electron chi connectivity index (χ2n) is 14.2. The highest BCUT2D eigenvalue weighted by Gasteiger charge is 2.43. The topological polar surface area (TPSA) is 108 Å². The maximum absolute atomic E-state index is 8.49. The number of benzene rings is 2. The first kappa shape index (κ1) is 35.6. The first-order chi connectivity index (χ1) is 22.5. The molecule has 0 N–H and O–H groups in total. The van der Waals surface area contributed by atoms with E-state index in [1.54, 1.807) is 7.11 Å². The normalized spacial score (nSPS) is 23.2. The quantitative estimate of drug-likeness (QED) is 0.424. The van der Waals surface area contributed by atoms with Crippen molar-refractivity contribution >= 4 is 17.0 Å². The van der Waals surface area contributed by atoms with Gasteiger partial charge in [-0.05, 0) is 91.5 Å². The Balaban J connectivity index is 0.000000840. The van der Waals surface area contributed by atoms with Gasteiger partial charge in [0.25, 0.3) is 0 Å². The SMILES string of the molecule is COc1ccc(C2=C(/C=C/C3=[N+](C)c4ccccc4C3(C)C)CC(C)C/C2=C\C=C2\N(C)C3=C(C=CCC3)C2(C)C)cc1.[O-][Cl+3]([O-])([O-])[O-]. The molecule has 0 radical (unpaired) electrons. The summed E-state index contributed by atoms with van der Waals surface area (Å²) in [6.07, 6.45) is 18.7. The molecule has 0 aromatic heterocycles. The highest BCUT2D eigenvalue weighted by molar-refractivity contribution is 6.03. The smallest absolute Gasteiger partial charge is 0.209 e. The van der Waals surface area contributed by atoms with Crippen molar-refractivity contribution in [3.05, 3.63) is 124 Å². The summed E-state index contributed by atoms with van der Waals surface area (Å²) in [5.74, 6) is 1.45.